The Balaban J connectivity index is 1.87. The summed E-state index contributed by atoms with van der Waals surface area (Å²) >= 11 is 0. The third-order valence-corrected chi connectivity index (χ3v) is 3.94. The van der Waals surface area contributed by atoms with E-state index in [0.717, 1.165) is 38.5 Å². The summed E-state index contributed by atoms with van der Waals surface area (Å²) in [7, 11) is 0. The van der Waals surface area contributed by atoms with Crippen LogP contribution in [0.25, 0.3) is 0 Å². The van der Waals surface area contributed by atoms with Crippen LogP contribution in [0.3, 0.4) is 0 Å². The zero-order valence-corrected chi connectivity index (χ0v) is 10.3. The van der Waals surface area contributed by atoms with Crippen molar-refractivity contribution in [3.8, 4) is 0 Å². The van der Waals surface area contributed by atoms with Crippen LogP contribution >= 0.6 is 0 Å². The Kier molecular flexibility index (Phi) is 4.40. The van der Waals surface area contributed by atoms with Crippen LogP contribution in [0.5, 0.6) is 0 Å². The van der Waals surface area contributed by atoms with Crippen LogP contribution in [-0.4, -0.2) is 29.4 Å². The maximum Gasteiger partial charge on any atom is 0.324 e. The van der Waals surface area contributed by atoms with Gasteiger partial charge >= 0.3 is 12.4 Å². The Hall–Kier alpha value is -1.06. The van der Waals surface area contributed by atoms with Crippen molar-refractivity contribution < 1.29 is 9.59 Å². The van der Waals surface area contributed by atoms with Crippen LogP contribution in [0, 0.1) is 0 Å². The second-order valence-corrected chi connectivity index (χ2v) is 5.18. The van der Waals surface area contributed by atoms with Gasteiger partial charge in [0.15, 0.2) is 0 Å². The Morgan fingerprint density at radius 1 is 1.00 bits per heavy atom. The highest BCUT2D eigenvalue weighted by molar-refractivity contribution is 5.85. The average molecular weight is 237 g/mol. The molecule has 0 aromatic rings. The van der Waals surface area contributed by atoms with Crippen molar-refractivity contribution in [1.82, 2.24) is 10.2 Å². The largest absolute Gasteiger partial charge is 0.335 e. The number of hydrogen-bond donors (Lipinski definition) is 1. The van der Waals surface area contributed by atoms with Crippen molar-refractivity contribution in [2.75, 3.05) is 0 Å². The molecule has 4 nitrogen and oxygen atoms in total. The summed E-state index contributed by atoms with van der Waals surface area (Å²) in [6.07, 6.45) is 11.6. The molecule has 0 aliphatic heterocycles. The molecule has 2 aliphatic rings. The molecule has 2 fully saturated rings. The summed E-state index contributed by atoms with van der Waals surface area (Å²) in [5, 5.41) is 2.95. The lowest BCUT2D eigenvalue weighted by Crippen LogP contribution is -2.48. The average Bonchev–Trinajstić information content (AvgIpc) is 2.84. The molecule has 0 heterocycles. The fourth-order valence-corrected chi connectivity index (χ4v) is 2.94. The summed E-state index contributed by atoms with van der Waals surface area (Å²) < 4.78 is 0. The molecule has 4 heteroatoms. The van der Waals surface area contributed by atoms with Gasteiger partial charge in [0.2, 0.25) is 0 Å². The third-order valence-electron chi connectivity index (χ3n) is 3.94. The number of carbonyl (C=O) groups is 1. The van der Waals surface area contributed by atoms with Gasteiger partial charge in [-0.1, -0.05) is 32.1 Å². The van der Waals surface area contributed by atoms with Gasteiger partial charge in [0.25, 0.3) is 0 Å². The number of nitrogens with one attached hydrogen (secondary N) is 1. The van der Waals surface area contributed by atoms with Crippen LogP contribution in [0.2, 0.25) is 0 Å². The highest BCUT2D eigenvalue weighted by Gasteiger charge is 2.27. The number of nitrogens with zero attached hydrogens (tertiary/aromatic N) is 1. The van der Waals surface area contributed by atoms with Crippen LogP contribution in [-0.2, 0) is 4.79 Å². The Morgan fingerprint density at radius 3 is 2.18 bits per heavy atom. The van der Waals surface area contributed by atoms with Gasteiger partial charge in [0.05, 0.1) is 0 Å². The molecular weight excluding hydrogens is 216 g/mol. The lowest BCUT2D eigenvalue weighted by atomic mass is 9.95. The summed E-state index contributed by atoms with van der Waals surface area (Å²) in [5.74, 6) is 0. The van der Waals surface area contributed by atoms with Gasteiger partial charge in [-0.2, -0.15) is 0 Å². The molecule has 17 heavy (non-hydrogen) atoms. The molecule has 0 aromatic carbocycles. The molecule has 2 saturated carbocycles. The molecule has 0 aromatic heterocycles. The predicted octanol–water partition coefficient (Wildman–Crippen LogP) is 2.34. The first-order valence-electron chi connectivity index (χ1n) is 6.79. The highest BCUT2D eigenvalue weighted by Crippen LogP contribution is 2.23. The molecule has 2 aliphatic carbocycles. The number of amides is 3. The minimum atomic E-state index is -0.237. The van der Waals surface area contributed by atoms with E-state index in [1.165, 1.54) is 24.2 Å². The fraction of sp³-hybridized carbons (Fsp3) is 0.846. The quantitative estimate of drug-likeness (QED) is 0.766. The number of imide groups is 1. The normalized spacial score (nSPS) is 22.4. The molecule has 95 valence electrons. The Labute approximate surface area is 103 Å². The molecule has 3 amide bonds. The Morgan fingerprint density at radius 2 is 1.59 bits per heavy atom. The summed E-state index contributed by atoms with van der Waals surface area (Å²) in [4.78, 5) is 24.2. The molecule has 0 saturated heterocycles. The van der Waals surface area contributed by atoms with E-state index in [9.17, 15) is 9.59 Å². The van der Waals surface area contributed by atoms with E-state index < -0.39 is 0 Å². The first kappa shape index (κ1) is 12.4. The van der Waals surface area contributed by atoms with Crippen molar-refractivity contribution in [2.45, 2.75) is 69.9 Å². The van der Waals surface area contributed by atoms with Crippen LogP contribution in [0.4, 0.5) is 4.79 Å². The first-order valence-corrected chi connectivity index (χ1v) is 6.79. The topological polar surface area (TPSA) is 49.4 Å². The van der Waals surface area contributed by atoms with Crippen molar-refractivity contribution >= 4 is 12.4 Å². The number of hydrogen-bond acceptors (Lipinski definition) is 2. The van der Waals surface area contributed by atoms with E-state index in [4.69, 9.17) is 0 Å². The molecule has 0 atom stereocenters. The predicted molar refractivity (Wildman–Crippen MR) is 65.2 cm³/mol. The second kappa shape index (κ2) is 6.03. The van der Waals surface area contributed by atoms with E-state index >= 15 is 0 Å². The third kappa shape index (κ3) is 3.20. The Bertz CT molecular complexity index is 269. The van der Waals surface area contributed by atoms with E-state index in [0.29, 0.717) is 0 Å². The van der Waals surface area contributed by atoms with Gasteiger partial charge in [-0.3, -0.25) is 9.69 Å². The van der Waals surface area contributed by atoms with Gasteiger partial charge in [-0.15, -0.1) is 0 Å². The molecule has 0 bridgehead atoms. The van der Waals surface area contributed by atoms with Crippen molar-refractivity contribution in [3.05, 3.63) is 0 Å². The van der Waals surface area contributed by atoms with E-state index in [2.05, 4.69) is 5.32 Å². The van der Waals surface area contributed by atoms with Gasteiger partial charge < -0.3 is 5.32 Å². The minimum Gasteiger partial charge on any atom is -0.335 e. The monoisotopic (exact) mass is 237 g/mol. The summed E-state index contributed by atoms with van der Waals surface area (Å²) in [5.41, 5.74) is 0. The summed E-state index contributed by atoms with van der Waals surface area (Å²) in [6, 6.07) is 0.100. The van der Waals surface area contributed by atoms with Gasteiger partial charge in [0, 0.05) is 12.1 Å². The van der Waals surface area contributed by atoms with Gasteiger partial charge in [-0.05, 0) is 25.7 Å². The zero-order chi connectivity index (χ0) is 12.1. The maximum atomic E-state index is 12.0. The zero-order valence-electron chi connectivity index (χ0n) is 10.3. The van der Waals surface area contributed by atoms with Crippen molar-refractivity contribution in [1.29, 1.82) is 0 Å². The standard InChI is InChI=1S/C13H21N2O2/c16-10-15(12-8-2-1-3-9-12)13(17)14-11-6-4-5-7-11/h11-12H,1-9H2,(H,14,17). The smallest absolute Gasteiger partial charge is 0.324 e. The van der Waals surface area contributed by atoms with Gasteiger partial charge in [0.1, 0.15) is 0 Å². The first-order chi connectivity index (χ1) is 8.31. The molecule has 0 spiro atoms. The maximum absolute atomic E-state index is 12.0. The van der Waals surface area contributed by atoms with Crippen molar-refractivity contribution in [3.63, 3.8) is 0 Å². The molecular formula is C13H21N2O2. The number of rotatable bonds is 3. The van der Waals surface area contributed by atoms with E-state index in [1.807, 2.05) is 6.41 Å². The minimum absolute atomic E-state index is 0.0719. The lowest BCUT2D eigenvalue weighted by molar-refractivity contribution is 0.189. The van der Waals surface area contributed by atoms with Crippen LogP contribution < -0.4 is 5.32 Å². The lowest BCUT2D eigenvalue weighted by Gasteiger charge is -2.30. The SMILES string of the molecule is O=[C]N(C(=O)NC1CCCC1)C1CCCCC1. The van der Waals surface area contributed by atoms with Crippen LogP contribution in [0.1, 0.15) is 57.8 Å². The molecule has 1 radical (unpaired) electrons. The molecule has 1 N–H and O–H groups in total. The fourth-order valence-electron chi connectivity index (χ4n) is 2.94. The molecule has 0 unspecified atom stereocenters. The second-order valence-electron chi connectivity index (χ2n) is 5.18. The van der Waals surface area contributed by atoms with Gasteiger partial charge in [-0.25, -0.2) is 4.79 Å². The molecule has 2 rings (SSSR count). The number of urea groups is 1. The van der Waals surface area contributed by atoms with E-state index in [-0.39, 0.29) is 18.1 Å². The number of carbonyl (C=O) groups excluding carboxylic acids is 2. The summed E-state index contributed by atoms with van der Waals surface area (Å²) in [6.45, 7) is 0. The van der Waals surface area contributed by atoms with E-state index in [1.54, 1.807) is 0 Å². The van der Waals surface area contributed by atoms with Crippen molar-refractivity contribution in [2.24, 2.45) is 0 Å². The highest BCUT2D eigenvalue weighted by atomic mass is 16.2. The van der Waals surface area contributed by atoms with Crippen LogP contribution in [0.15, 0.2) is 0 Å².